The third-order valence-corrected chi connectivity index (χ3v) is 13.2. The number of hydrogen-bond donors (Lipinski definition) is 0. The topological polar surface area (TPSA) is 17.1 Å². The smallest absolute Gasteiger partial charge is 0.171 e. The van der Waals surface area contributed by atoms with Gasteiger partial charge in [0.05, 0.1) is 0 Å². The first-order chi connectivity index (χ1) is 22.7. The lowest BCUT2D eigenvalue weighted by atomic mass is 9.90. The van der Waals surface area contributed by atoms with E-state index in [9.17, 15) is 0 Å². The molecule has 0 amide bonds. The van der Waals surface area contributed by atoms with Crippen LogP contribution in [0.1, 0.15) is 0 Å². The lowest BCUT2D eigenvalue weighted by Gasteiger charge is -2.23. The summed E-state index contributed by atoms with van der Waals surface area (Å²) in [6, 6.07) is 57.9. The van der Waals surface area contributed by atoms with Gasteiger partial charge in [0.25, 0.3) is 0 Å². The predicted octanol–water partition coefficient (Wildman–Crippen LogP) is 10.8. The summed E-state index contributed by atoms with van der Waals surface area (Å²) in [6.45, 7) is 0. The van der Waals surface area contributed by atoms with E-state index < -0.39 is 7.14 Å². The highest BCUT2D eigenvalue weighted by atomic mass is 31.2. The molecule has 0 radical (unpaired) electrons. The molecule has 0 saturated carbocycles. The molecule has 1 nitrogen and oxygen atoms in total. The van der Waals surface area contributed by atoms with E-state index in [2.05, 4.69) is 133 Å². The standard InChI is InChI=1S/C44H27OP/c45-46(35-10-2-1-3-11-35,40-27-21-34-15-13-30-7-5-9-32-20-26-39(40)44(34)42(30)32)36-22-16-28(17-23-36)37-24-18-33-14-12-29-6-4-8-31-19-25-38(37)43(33)41(29)31/h1-27H. The van der Waals surface area contributed by atoms with Crippen molar-refractivity contribution in [1.82, 2.24) is 0 Å². The minimum Gasteiger partial charge on any atom is -0.309 e. The maximum Gasteiger partial charge on any atom is 0.171 e. The Morgan fingerprint density at radius 1 is 0.326 bits per heavy atom. The van der Waals surface area contributed by atoms with Crippen LogP contribution in [0, 0.1) is 0 Å². The highest BCUT2D eigenvalue weighted by molar-refractivity contribution is 7.85. The molecule has 0 heterocycles. The molecule has 0 saturated heterocycles. The number of rotatable bonds is 4. The van der Waals surface area contributed by atoms with Gasteiger partial charge in [-0.1, -0.05) is 158 Å². The molecule has 10 rings (SSSR count). The first-order valence-electron chi connectivity index (χ1n) is 15.8. The molecule has 1 atom stereocenters. The molecule has 0 aliphatic heterocycles. The fraction of sp³-hybridized carbons (Fsp3) is 0. The fourth-order valence-corrected chi connectivity index (χ4v) is 10.7. The van der Waals surface area contributed by atoms with Crippen LogP contribution in [-0.2, 0) is 4.57 Å². The van der Waals surface area contributed by atoms with Gasteiger partial charge >= 0.3 is 0 Å². The van der Waals surface area contributed by atoms with Crippen molar-refractivity contribution < 1.29 is 4.57 Å². The summed E-state index contributed by atoms with van der Waals surface area (Å²) in [5, 5.41) is 17.3. The Hall–Kier alpha value is -5.49. The molecule has 46 heavy (non-hydrogen) atoms. The van der Waals surface area contributed by atoms with Crippen molar-refractivity contribution in [3.8, 4) is 11.1 Å². The van der Waals surface area contributed by atoms with Gasteiger partial charge in [0.15, 0.2) is 7.14 Å². The quantitative estimate of drug-likeness (QED) is 0.145. The number of benzene rings is 10. The van der Waals surface area contributed by atoms with E-state index in [-0.39, 0.29) is 0 Å². The van der Waals surface area contributed by atoms with Crippen LogP contribution in [0.2, 0.25) is 0 Å². The van der Waals surface area contributed by atoms with Gasteiger partial charge in [0.1, 0.15) is 0 Å². The van der Waals surface area contributed by atoms with Gasteiger partial charge in [-0.3, -0.25) is 0 Å². The second kappa shape index (κ2) is 9.51. The Kier molecular flexibility index (Phi) is 5.33. The molecule has 0 fully saturated rings. The molecule has 0 bridgehead atoms. The van der Waals surface area contributed by atoms with E-state index in [1.54, 1.807) is 0 Å². The molecule has 0 spiro atoms. The molecular weight excluding hydrogens is 575 g/mol. The maximum absolute atomic E-state index is 15.9. The summed E-state index contributed by atoms with van der Waals surface area (Å²) in [5.41, 5.74) is 2.31. The van der Waals surface area contributed by atoms with E-state index in [1.165, 1.54) is 64.8 Å². The van der Waals surface area contributed by atoms with E-state index in [0.717, 1.165) is 26.9 Å². The van der Waals surface area contributed by atoms with Gasteiger partial charge in [-0.2, -0.15) is 0 Å². The normalized spacial score (nSPS) is 13.5. The van der Waals surface area contributed by atoms with Crippen LogP contribution in [0.25, 0.3) is 75.8 Å². The van der Waals surface area contributed by atoms with Crippen LogP contribution in [0.3, 0.4) is 0 Å². The fourth-order valence-electron chi connectivity index (χ4n) is 7.90. The molecule has 0 aliphatic rings. The zero-order valence-electron chi connectivity index (χ0n) is 24.9. The van der Waals surface area contributed by atoms with E-state index in [1.807, 2.05) is 30.3 Å². The summed E-state index contributed by atoms with van der Waals surface area (Å²) in [4.78, 5) is 0. The largest absolute Gasteiger partial charge is 0.309 e. The minimum absolute atomic E-state index is 0.843. The third kappa shape index (κ3) is 3.50. The maximum atomic E-state index is 15.9. The molecule has 2 heteroatoms. The lowest BCUT2D eigenvalue weighted by Crippen LogP contribution is -2.25. The highest BCUT2D eigenvalue weighted by Crippen LogP contribution is 2.47. The average molecular weight is 603 g/mol. The van der Waals surface area contributed by atoms with Crippen LogP contribution in [0.4, 0.5) is 0 Å². The molecule has 10 aromatic rings. The van der Waals surface area contributed by atoms with Crippen LogP contribution in [0.15, 0.2) is 164 Å². The van der Waals surface area contributed by atoms with Gasteiger partial charge in [0.2, 0.25) is 0 Å². The Labute approximate surface area is 266 Å². The average Bonchev–Trinajstić information content (AvgIpc) is 3.13. The van der Waals surface area contributed by atoms with E-state index in [0.29, 0.717) is 0 Å². The second-order valence-electron chi connectivity index (χ2n) is 12.4. The highest BCUT2D eigenvalue weighted by Gasteiger charge is 2.32. The Bertz CT molecular complexity index is 2780. The van der Waals surface area contributed by atoms with Crippen molar-refractivity contribution in [3.63, 3.8) is 0 Å². The van der Waals surface area contributed by atoms with E-state index in [4.69, 9.17) is 0 Å². The Morgan fingerprint density at radius 3 is 1.39 bits per heavy atom. The van der Waals surface area contributed by atoms with Crippen LogP contribution in [-0.4, -0.2) is 0 Å². The van der Waals surface area contributed by atoms with Gasteiger partial charge in [-0.25, -0.2) is 0 Å². The van der Waals surface area contributed by atoms with Crippen molar-refractivity contribution in [1.29, 1.82) is 0 Å². The van der Waals surface area contributed by atoms with Gasteiger partial charge in [-0.15, -0.1) is 0 Å². The van der Waals surface area contributed by atoms with Crippen molar-refractivity contribution in [2.75, 3.05) is 0 Å². The van der Waals surface area contributed by atoms with Crippen LogP contribution in [0.5, 0.6) is 0 Å². The summed E-state index contributed by atoms with van der Waals surface area (Å²) < 4.78 is 15.9. The molecule has 1 unspecified atom stereocenters. The lowest BCUT2D eigenvalue weighted by molar-refractivity contribution is 0.592. The van der Waals surface area contributed by atoms with Crippen LogP contribution >= 0.6 is 7.14 Å². The zero-order valence-corrected chi connectivity index (χ0v) is 25.8. The van der Waals surface area contributed by atoms with Crippen molar-refractivity contribution in [2.24, 2.45) is 0 Å². The van der Waals surface area contributed by atoms with Gasteiger partial charge in [-0.05, 0) is 81.8 Å². The Morgan fingerprint density at radius 2 is 0.783 bits per heavy atom. The van der Waals surface area contributed by atoms with Gasteiger partial charge < -0.3 is 4.57 Å². The van der Waals surface area contributed by atoms with E-state index >= 15 is 4.57 Å². The first kappa shape index (κ1) is 25.8. The molecule has 10 aromatic carbocycles. The second-order valence-corrected chi connectivity index (χ2v) is 15.1. The zero-order chi connectivity index (χ0) is 30.4. The molecule has 0 aromatic heterocycles. The van der Waals surface area contributed by atoms with Crippen molar-refractivity contribution in [2.45, 2.75) is 0 Å². The molecule has 214 valence electrons. The third-order valence-electron chi connectivity index (χ3n) is 10.0. The molecule has 0 aliphatic carbocycles. The predicted molar refractivity (Wildman–Crippen MR) is 199 cm³/mol. The summed E-state index contributed by atoms with van der Waals surface area (Å²) in [6.07, 6.45) is 0. The molecular formula is C44H27OP. The van der Waals surface area contributed by atoms with Gasteiger partial charge in [0, 0.05) is 15.9 Å². The summed E-state index contributed by atoms with van der Waals surface area (Å²) in [5.74, 6) is 0. The number of hydrogen-bond acceptors (Lipinski definition) is 1. The van der Waals surface area contributed by atoms with Crippen molar-refractivity contribution in [3.05, 3.63) is 164 Å². The Balaban J connectivity index is 1.19. The van der Waals surface area contributed by atoms with Crippen LogP contribution < -0.4 is 15.9 Å². The summed E-state index contributed by atoms with van der Waals surface area (Å²) in [7, 11) is -3.24. The minimum atomic E-state index is -3.24. The van der Waals surface area contributed by atoms with Crippen molar-refractivity contribution >= 4 is 87.7 Å². The monoisotopic (exact) mass is 602 g/mol. The SMILES string of the molecule is O=P(c1ccccc1)(c1ccc(-c2ccc3ccc4cccc5ccc2c3c45)cc1)c1ccc2ccc3cccc4ccc1c2c34. The molecule has 0 N–H and O–H groups in total. The first-order valence-corrected chi connectivity index (χ1v) is 17.5. The summed E-state index contributed by atoms with van der Waals surface area (Å²) >= 11 is 0.